The standard InChI is InChI=1S/C26H33Cl2N7O5/c1-12-18(27)19(28)21(29-12)22(36)33-20-14-10-35(11-15(14)20)17-9-16(23(37)38)31-24(32-17)34-7-5-13(6-8-34)30-25(39)40-26(2,3)4/h9,13-15,20,29H,5-8,10-11H2,1-4H3,(H,30,39)(H,33,36)(H,37,38)/t14-,15+,20?. The van der Waals surface area contributed by atoms with Crippen LogP contribution in [0.25, 0.3) is 0 Å². The van der Waals surface area contributed by atoms with Crippen LogP contribution in [0.3, 0.4) is 0 Å². The van der Waals surface area contributed by atoms with E-state index in [4.69, 9.17) is 32.9 Å². The molecule has 1 unspecified atom stereocenters. The van der Waals surface area contributed by atoms with Gasteiger partial charge in [-0.05, 0) is 40.5 Å². The van der Waals surface area contributed by atoms with Crippen molar-refractivity contribution in [3.63, 3.8) is 0 Å². The summed E-state index contributed by atoms with van der Waals surface area (Å²) in [4.78, 5) is 52.6. The molecule has 3 aliphatic rings. The van der Waals surface area contributed by atoms with Crippen molar-refractivity contribution in [3.8, 4) is 0 Å². The quantitative estimate of drug-likeness (QED) is 0.394. The predicted molar refractivity (Wildman–Crippen MR) is 150 cm³/mol. The molecule has 3 fully saturated rings. The summed E-state index contributed by atoms with van der Waals surface area (Å²) in [6.45, 7) is 9.58. The SMILES string of the molecule is Cc1[nH]c(C(=O)NC2[C@H]3CN(c4cc(C(=O)O)nc(N5CCC(NC(=O)OC(C)(C)C)CC5)n4)C[C@@H]23)c(Cl)c1Cl. The number of nitrogens with zero attached hydrogens (tertiary/aromatic N) is 4. The third kappa shape index (κ3) is 5.92. The molecule has 1 aliphatic carbocycles. The summed E-state index contributed by atoms with van der Waals surface area (Å²) in [5.74, 6) is -0.0925. The number of amides is 2. The summed E-state index contributed by atoms with van der Waals surface area (Å²) < 4.78 is 5.35. The van der Waals surface area contributed by atoms with Crippen LogP contribution >= 0.6 is 23.2 Å². The van der Waals surface area contributed by atoms with E-state index in [9.17, 15) is 19.5 Å². The van der Waals surface area contributed by atoms with Gasteiger partial charge in [-0.1, -0.05) is 23.2 Å². The molecule has 1 saturated carbocycles. The van der Waals surface area contributed by atoms with Crippen molar-refractivity contribution in [2.75, 3.05) is 36.0 Å². The van der Waals surface area contributed by atoms with Crippen LogP contribution in [0.2, 0.25) is 10.0 Å². The van der Waals surface area contributed by atoms with Gasteiger partial charge < -0.3 is 35.3 Å². The summed E-state index contributed by atoms with van der Waals surface area (Å²) in [6.07, 6.45) is 0.856. The summed E-state index contributed by atoms with van der Waals surface area (Å²) in [6, 6.07) is 1.44. The van der Waals surface area contributed by atoms with Gasteiger partial charge in [-0.3, -0.25) is 4.79 Å². The number of nitrogens with one attached hydrogen (secondary N) is 3. The second-order valence-corrected chi connectivity index (χ2v) is 12.4. The van der Waals surface area contributed by atoms with E-state index in [0.717, 1.165) is 0 Å². The maximum atomic E-state index is 12.7. The number of aromatic carboxylic acids is 1. The van der Waals surface area contributed by atoms with Crippen molar-refractivity contribution >= 4 is 52.9 Å². The van der Waals surface area contributed by atoms with E-state index in [2.05, 4.69) is 20.6 Å². The molecule has 0 radical (unpaired) electrons. The third-order valence-corrected chi connectivity index (χ3v) is 8.46. The van der Waals surface area contributed by atoms with Crippen molar-refractivity contribution in [3.05, 3.63) is 33.2 Å². The van der Waals surface area contributed by atoms with Gasteiger partial charge in [0.1, 0.15) is 17.1 Å². The van der Waals surface area contributed by atoms with Gasteiger partial charge in [0.2, 0.25) is 5.95 Å². The number of rotatable bonds is 6. The highest BCUT2D eigenvalue weighted by Crippen LogP contribution is 2.47. The zero-order chi connectivity index (χ0) is 28.9. The number of carbonyl (C=O) groups is 3. The summed E-state index contributed by atoms with van der Waals surface area (Å²) in [5, 5.41) is 16.2. The van der Waals surface area contributed by atoms with Crippen molar-refractivity contribution < 1.29 is 24.2 Å². The molecule has 12 nitrogen and oxygen atoms in total. The Morgan fingerprint density at radius 2 is 1.70 bits per heavy atom. The van der Waals surface area contributed by atoms with Gasteiger partial charge in [0.05, 0.1) is 10.0 Å². The van der Waals surface area contributed by atoms with Gasteiger partial charge in [-0.15, -0.1) is 0 Å². The van der Waals surface area contributed by atoms with E-state index >= 15 is 0 Å². The lowest BCUT2D eigenvalue weighted by Crippen LogP contribution is -2.46. The molecule has 0 spiro atoms. The van der Waals surface area contributed by atoms with Gasteiger partial charge in [0, 0.05) is 61.9 Å². The van der Waals surface area contributed by atoms with E-state index in [1.807, 2.05) is 30.6 Å². The first kappa shape index (κ1) is 28.3. The van der Waals surface area contributed by atoms with Crippen LogP contribution in [0, 0.1) is 18.8 Å². The molecule has 2 aromatic rings. The number of aromatic amines is 1. The fourth-order valence-corrected chi connectivity index (χ4v) is 5.83. The summed E-state index contributed by atoms with van der Waals surface area (Å²) in [7, 11) is 0. The Balaban J connectivity index is 1.20. The minimum absolute atomic E-state index is 0.000971. The second kappa shape index (κ2) is 10.6. The molecule has 2 saturated heterocycles. The molecule has 2 aliphatic heterocycles. The smallest absolute Gasteiger partial charge is 0.407 e. The van der Waals surface area contributed by atoms with Crippen LogP contribution < -0.4 is 20.4 Å². The Hall–Kier alpha value is -3.25. The fourth-order valence-electron chi connectivity index (χ4n) is 5.41. The number of carboxylic acid groups (broad SMARTS) is 1. The number of halogens is 2. The maximum absolute atomic E-state index is 12.7. The minimum Gasteiger partial charge on any atom is -0.477 e. The molecule has 2 aromatic heterocycles. The number of anilines is 2. The number of H-pyrrole nitrogens is 1. The number of hydrogen-bond acceptors (Lipinski definition) is 8. The molecule has 5 rings (SSSR count). The lowest BCUT2D eigenvalue weighted by atomic mass is 10.1. The van der Waals surface area contributed by atoms with E-state index in [0.29, 0.717) is 61.5 Å². The van der Waals surface area contributed by atoms with E-state index in [-0.39, 0.29) is 46.2 Å². The zero-order valence-corrected chi connectivity index (χ0v) is 24.3. The number of ether oxygens (including phenoxy) is 1. The first-order valence-electron chi connectivity index (χ1n) is 13.3. The molecule has 14 heteroatoms. The van der Waals surface area contributed by atoms with Gasteiger partial charge in [-0.25, -0.2) is 14.6 Å². The number of aryl methyl sites for hydroxylation is 1. The molecule has 0 aromatic carbocycles. The highest BCUT2D eigenvalue weighted by Gasteiger charge is 2.57. The van der Waals surface area contributed by atoms with Crippen LogP contribution in [0.15, 0.2) is 6.07 Å². The molecular formula is C26H33Cl2N7O5. The first-order chi connectivity index (χ1) is 18.8. The number of carboxylic acids is 1. The Labute approximate surface area is 241 Å². The van der Waals surface area contributed by atoms with Crippen LogP contribution in [0.1, 0.15) is 60.3 Å². The predicted octanol–water partition coefficient (Wildman–Crippen LogP) is 3.48. The van der Waals surface area contributed by atoms with Crippen LogP contribution in [-0.2, 0) is 4.74 Å². The summed E-state index contributed by atoms with van der Waals surface area (Å²) >= 11 is 12.3. The van der Waals surface area contributed by atoms with Gasteiger partial charge >= 0.3 is 12.1 Å². The highest BCUT2D eigenvalue weighted by atomic mass is 35.5. The van der Waals surface area contributed by atoms with Gasteiger partial charge in [-0.2, -0.15) is 4.98 Å². The average molecular weight is 595 g/mol. The largest absolute Gasteiger partial charge is 0.477 e. The molecule has 4 N–H and O–H groups in total. The van der Waals surface area contributed by atoms with Crippen molar-refractivity contribution in [2.24, 2.45) is 11.8 Å². The Kier molecular flexibility index (Phi) is 7.51. The highest BCUT2D eigenvalue weighted by molar-refractivity contribution is 6.44. The molecule has 0 bridgehead atoms. The minimum atomic E-state index is -1.13. The Bertz CT molecular complexity index is 1320. The maximum Gasteiger partial charge on any atom is 0.407 e. The number of fused-ring (bicyclic) bond motifs is 1. The lowest BCUT2D eigenvalue weighted by molar-refractivity contribution is 0.0496. The van der Waals surface area contributed by atoms with E-state index in [1.165, 1.54) is 6.07 Å². The number of piperidine rings is 2. The topological polar surface area (TPSA) is 153 Å². The monoisotopic (exact) mass is 593 g/mol. The van der Waals surface area contributed by atoms with Gasteiger partial charge in [0.15, 0.2) is 5.69 Å². The molecule has 4 heterocycles. The van der Waals surface area contributed by atoms with Crippen molar-refractivity contribution in [1.29, 1.82) is 0 Å². The third-order valence-electron chi connectivity index (χ3n) is 7.52. The molecule has 216 valence electrons. The number of alkyl carbamates (subject to hydrolysis) is 1. The number of carbonyl (C=O) groups excluding carboxylic acids is 2. The normalized spacial score (nSPS) is 22.6. The van der Waals surface area contributed by atoms with E-state index in [1.54, 1.807) is 6.92 Å². The Morgan fingerprint density at radius 1 is 1.05 bits per heavy atom. The first-order valence-corrected chi connectivity index (χ1v) is 14.0. The molecule has 40 heavy (non-hydrogen) atoms. The van der Waals surface area contributed by atoms with E-state index < -0.39 is 17.7 Å². The Morgan fingerprint density at radius 3 is 2.25 bits per heavy atom. The van der Waals surface area contributed by atoms with Gasteiger partial charge in [0.25, 0.3) is 5.91 Å². The van der Waals surface area contributed by atoms with Crippen LogP contribution in [-0.4, -0.2) is 81.9 Å². The molecule has 3 atom stereocenters. The van der Waals surface area contributed by atoms with Crippen molar-refractivity contribution in [1.82, 2.24) is 25.6 Å². The molecular weight excluding hydrogens is 561 g/mol. The van der Waals surface area contributed by atoms with Crippen LogP contribution in [0.4, 0.5) is 16.6 Å². The van der Waals surface area contributed by atoms with Crippen molar-refractivity contribution in [2.45, 2.75) is 58.2 Å². The lowest BCUT2D eigenvalue weighted by Gasteiger charge is -2.33. The molecule has 2 amide bonds. The number of aromatic nitrogens is 3. The second-order valence-electron chi connectivity index (χ2n) is 11.6. The number of hydrogen-bond donors (Lipinski definition) is 4. The summed E-state index contributed by atoms with van der Waals surface area (Å²) in [5.41, 5.74) is 0.240. The zero-order valence-electron chi connectivity index (χ0n) is 22.8. The van der Waals surface area contributed by atoms with Crippen LogP contribution in [0.5, 0.6) is 0 Å². The average Bonchev–Trinajstić information content (AvgIpc) is 3.18. The fraction of sp³-hybridized carbons (Fsp3) is 0.577.